The molecule has 7 nitrogen and oxygen atoms in total. The molecule has 0 bridgehead atoms. The zero-order chi connectivity index (χ0) is 16.9. The number of furan rings is 1. The number of hydrogen-bond acceptors (Lipinski definition) is 5. The molecule has 122 valence electrons. The van der Waals surface area contributed by atoms with Gasteiger partial charge in [0, 0.05) is 5.02 Å². The molecule has 2 rings (SSSR count). The molecule has 1 heterocycles. The van der Waals surface area contributed by atoms with Crippen LogP contribution in [0.4, 0.5) is 0 Å². The largest absolute Gasteiger partial charge is 0.459 e. The first-order valence-corrected chi connectivity index (χ1v) is 8.56. The minimum atomic E-state index is -3.64. The molecule has 1 aromatic carbocycles. The molecular weight excluding hydrogens is 360 g/mol. The Labute approximate surface area is 143 Å². The number of nitrogens with zero attached hydrogens (tertiary/aromatic N) is 1. The summed E-state index contributed by atoms with van der Waals surface area (Å²) in [6.45, 7) is 0.00152. The lowest BCUT2D eigenvalue weighted by atomic mass is 10.4. The number of rotatable bonds is 6. The molecule has 4 N–H and O–H groups in total. The molecule has 2 aromatic rings. The minimum Gasteiger partial charge on any atom is -0.459 e. The molecule has 0 saturated carbocycles. The molecule has 23 heavy (non-hydrogen) atoms. The third kappa shape index (κ3) is 5.32. The molecule has 0 amide bonds. The van der Waals surface area contributed by atoms with Gasteiger partial charge in [0.05, 0.1) is 17.7 Å². The number of sulfonamides is 1. The van der Waals surface area contributed by atoms with Crippen molar-refractivity contribution in [2.75, 3.05) is 0 Å². The second-order valence-electron chi connectivity index (χ2n) is 4.32. The van der Waals surface area contributed by atoms with E-state index in [1.54, 1.807) is 12.1 Å². The van der Waals surface area contributed by atoms with Gasteiger partial charge >= 0.3 is 0 Å². The Hall–Kier alpha value is -1.94. The predicted molar refractivity (Wildman–Crippen MR) is 91.7 cm³/mol. The van der Waals surface area contributed by atoms with Crippen molar-refractivity contribution in [3.8, 4) is 0 Å². The Morgan fingerprint density at radius 1 is 1.30 bits per heavy atom. The van der Waals surface area contributed by atoms with Gasteiger partial charge in [-0.2, -0.15) is 5.10 Å². The number of hydrazone groups is 1. The van der Waals surface area contributed by atoms with E-state index in [1.807, 2.05) is 0 Å². The second-order valence-corrected chi connectivity index (χ2v) is 6.96. The van der Waals surface area contributed by atoms with Crippen molar-refractivity contribution in [3.05, 3.63) is 52.9 Å². The first kappa shape index (κ1) is 17.4. The monoisotopic (exact) mass is 372 g/mol. The highest BCUT2D eigenvalue weighted by molar-refractivity contribution is 7.89. The zero-order valence-corrected chi connectivity index (χ0v) is 14.1. The van der Waals surface area contributed by atoms with Crippen LogP contribution in [0.2, 0.25) is 5.02 Å². The lowest BCUT2D eigenvalue weighted by molar-refractivity contribution is 0.493. The van der Waals surface area contributed by atoms with Gasteiger partial charge in [-0.25, -0.2) is 13.1 Å². The van der Waals surface area contributed by atoms with E-state index in [2.05, 4.69) is 27.5 Å². The predicted octanol–water partition coefficient (Wildman–Crippen LogP) is 1.58. The van der Waals surface area contributed by atoms with Crippen LogP contribution in [0.15, 0.2) is 50.8 Å². The van der Waals surface area contributed by atoms with Crippen LogP contribution in [0, 0.1) is 0 Å². The lowest BCUT2D eigenvalue weighted by Crippen LogP contribution is -2.24. The van der Waals surface area contributed by atoms with Gasteiger partial charge < -0.3 is 10.2 Å². The highest BCUT2D eigenvalue weighted by atomic mass is 35.5. The number of nitrogens with one attached hydrogen (secondary N) is 2. The number of hydrogen-bond donors (Lipinski definition) is 3. The topological polar surface area (TPSA) is 110 Å². The average molecular weight is 373 g/mol. The lowest BCUT2D eigenvalue weighted by Gasteiger charge is -2.05. The van der Waals surface area contributed by atoms with Crippen LogP contribution >= 0.6 is 23.8 Å². The fourth-order valence-electron chi connectivity index (χ4n) is 1.58. The van der Waals surface area contributed by atoms with Crippen LogP contribution in [0.1, 0.15) is 11.5 Å². The summed E-state index contributed by atoms with van der Waals surface area (Å²) >= 11 is 10.3. The van der Waals surface area contributed by atoms with Crippen molar-refractivity contribution >= 4 is 45.2 Å². The third-order valence-corrected chi connectivity index (χ3v) is 4.37. The van der Waals surface area contributed by atoms with Gasteiger partial charge in [0.1, 0.15) is 11.5 Å². The van der Waals surface area contributed by atoms with Crippen molar-refractivity contribution in [3.63, 3.8) is 0 Å². The maximum Gasteiger partial charge on any atom is 0.240 e. The summed E-state index contributed by atoms with van der Waals surface area (Å²) in [4.78, 5) is 0.121. The summed E-state index contributed by atoms with van der Waals surface area (Å²) in [6.07, 6.45) is 1.37. The molecule has 0 radical (unpaired) electrons. The Morgan fingerprint density at radius 2 is 2.00 bits per heavy atom. The van der Waals surface area contributed by atoms with E-state index in [0.717, 1.165) is 0 Å². The van der Waals surface area contributed by atoms with Crippen molar-refractivity contribution in [2.24, 2.45) is 10.8 Å². The molecule has 0 fully saturated rings. The molecule has 0 atom stereocenters. The summed E-state index contributed by atoms with van der Waals surface area (Å²) in [5.41, 5.74) is 7.59. The van der Waals surface area contributed by atoms with Crippen LogP contribution in [-0.2, 0) is 16.6 Å². The molecule has 10 heteroatoms. The Morgan fingerprint density at radius 3 is 2.65 bits per heavy atom. The van der Waals surface area contributed by atoms with Crippen LogP contribution in [0.5, 0.6) is 0 Å². The van der Waals surface area contributed by atoms with Gasteiger partial charge in [-0.3, -0.25) is 5.43 Å². The van der Waals surface area contributed by atoms with Crippen molar-refractivity contribution < 1.29 is 12.8 Å². The zero-order valence-electron chi connectivity index (χ0n) is 11.7. The summed E-state index contributed by atoms with van der Waals surface area (Å²) in [6, 6.07) is 9.13. The van der Waals surface area contributed by atoms with Crippen LogP contribution in [0.3, 0.4) is 0 Å². The first-order valence-electron chi connectivity index (χ1n) is 6.29. The van der Waals surface area contributed by atoms with E-state index < -0.39 is 10.0 Å². The van der Waals surface area contributed by atoms with E-state index in [9.17, 15) is 8.42 Å². The first-order chi connectivity index (χ1) is 10.9. The van der Waals surface area contributed by atoms with Gasteiger partial charge in [0.15, 0.2) is 5.11 Å². The number of nitrogens with two attached hydrogens (primary N) is 1. The van der Waals surface area contributed by atoms with Crippen LogP contribution in [-0.4, -0.2) is 19.7 Å². The summed E-state index contributed by atoms with van der Waals surface area (Å²) in [7, 11) is -3.64. The SMILES string of the molecule is NC(=S)N/N=C/c1ccc(CNS(=O)(=O)c2ccc(Cl)cc2)o1. The van der Waals surface area contributed by atoms with Gasteiger partial charge in [0.25, 0.3) is 0 Å². The standard InChI is InChI=1S/C13H13ClN4O3S2/c14-9-1-5-12(6-2-9)23(19,20)17-8-11-4-3-10(21-11)7-16-18-13(15)22/h1-7,17H,8H2,(H3,15,18,22)/b16-7+. The van der Waals surface area contributed by atoms with E-state index in [0.29, 0.717) is 16.5 Å². The normalized spacial score (nSPS) is 11.7. The Bertz CT molecular complexity index is 816. The molecule has 0 saturated heterocycles. The molecular formula is C13H13ClN4O3S2. The number of thiocarbonyl (C=S) groups is 1. The van der Waals surface area contributed by atoms with Gasteiger partial charge in [-0.15, -0.1) is 0 Å². The maximum absolute atomic E-state index is 12.1. The van der Waals surface area contributed by atoms with Crippen LogP contribution < -0.4 is 15.9 Å². The summed E-state index contributed by atoms with van der Waals surface area (Å²) in [5, 5.41) is 4.23. The molecule has 0 aliphatic heterocycles. The average Bonchev–Trinajstić information content (AvgIpc) is 2.93. The van der Waals surface area contributed by atoms with Crippen molar-refractivity contribution in [2.45, 2.75) is 11.4 Å². The number of halogens is 1. The Balaban J connectivity index is 1.98. The smallest absolute Gasteiger partial charge is 0.240 e. The number of benzene rings is 1. The molecule has 0 unspecified atom stereocenters. The maximum atomic E-state index is 12.1. The quantitative estimate of drug-likeness (QED) is 0.403. The van der Waals surface area contributed by atoms with E-state index in [4.69, 9.17) is 21.8 Å². The van der Waals surface area contributed by atoms with Gasteiger partial charge in [-0.05, 0) is 48.6 Å². The third-order valence-electron chi connectivity index (χ3n) is 2.61. The molecule has 0 spiro atoms. The van der Waals surface area contributed by atoms with Gasteiger partial charge in [-0.1, -0.05) is 11.6 Å². The highest BCUT2D eigenvalue weighted by Gasteiger charge is 2.14. The fourth-order valence-corrected chi connectivity index (χ4v) is 2.75. The summed E-state index contributed by atoms with van der Waals surface area (Å²) < 4.78 is 32.0. The fraction of sp³-hybridized carbons (Fsp3) is 0.0769. The molecule has 1 aromatic heterocycles. The molecule has 0 aliphatic carbocycles. The van der Waals surface area contributed by atoms with Crippen LogP contribution in [0.25, 0.3) is 0 Å². The van der Waals surface area contributed by atoms with E-state index in [1.165, 1.54) is 30.5 Å². The van der Waals surface area contributed by atoms with Crippen molar-refractivity contribution in [1.29, 1.82) is 0 Å². The van der Waals surface area contributed by atoms with E-state index >= 15 is 0 Å². The highest BCUT2D eigenvalue weighted by Crippen LogP contribution is 2.14. The summed E-state index contributed by atoms with van der Waals surface area (Å²) in [5.74, 6) is 0.855. The Kier molecular flexibility index (Phi) is 5.72. The minimum absolute atomic E-state index is 0.00152. The van der Waals surface area contributed by atoms with Gasteiger partial charge in [0.2, 0.25) is 10.0 Å². The van der Waals surface area contributed by atoms with E-state index in [-0.39, 0.29) is 16.6 Å². The molecule has 0 aliphatic rings. The van der Waals surface area contributed by atoms with Crippen molar-refractivity contribution in [1.82, 2.24) is 10.1 Å². The second kappa shape index (κ2) is 7.55.